The maximum atomic E-state index is 12.8. The summed E-state index contributed by atoms with van der Waals surface area (Å²) < 4.78 is 38.5. The van der Waals surface area contributed by atoms with E-state index in [1.165, 1.54) is 0 Å². The average molecular weight is 330 g/mol. The lowest BCUT2D eigenvalue weighted by atomic mass is 9.78. The Balaban J connectivity index is 2.58. The molecule has 0 aromatic rings. The van der Waals surface area contributed by atoms with Crippen LogP contribution in [0.3, 0.4) is 0 Å². The third kappa shape index (κ3) is 4.44. The second kappa shape index (κ2) is 6.78. The van der Waals surface area contributed by atoms with Gasteiger partial charge in [-0.25, -0.2) is 0 Å². The molecule has 0 bridgehead atoms. The summed E-state index contributed by atoms with van der Waals surface area (Å²) in [4.78, 5) is 11.8. The van der Waals surface area contributed by atoms with Crippen LogP contribution in [0.4, 0.5) is 13.2 Å². The third-order valence-corrected chi connectivity index (χ3v) is 4.52. The molecule has 1 aliphatic rings. The molecular weight excluding hydrogens is 311 g/mol. The van der Waals surface area contributed by atoms with Crippen LogP contribution in [0.1, 0.15) is 32.6 Å². The predicted octanol–water partition coefficient (Wildman–Crippen LogP) is 3.50. The first kappa shape index (κ1) is 15.8. The van der Waals surface area contributed by atoms with Crippen molar-refractivity contribution in [3.05, 3.63) is 0 Å². The van der Waals surface area contributed by atoms with Crippen LogP contribution in [-0.2, 0) is 4.79 Å². The summed E-state index contributed by atoms with van der Waals surface area (Å²) in [6.07, 6.45) is -2.57. The molecule has 1 rings (SSSR count). The molecule has 18 heavy (non-hydrogen) atoms. The quantitative estimate of drug-likeness (QED) is 0.786. The van der Waals surface area contributed by atoms with Crippen molar-refractivity contribution >= 4 is 21.8 Å². The fourth-order valence-corrected chi connectivity index (χ4v) is 2.53. The molecule has 1 aliphatic carbocycles. The molecule has 0 spiro atoms. The molecule has 2 nitrogen and oxygen atoms in total. The van der Waals surface area contributed by atoms with Crippen LogP contribution >= 0.6 is 15.9 Å². The molecule has 0 radical (unpaired) electrons. The predicted molar refractivity (Wildman–Crippen MR) is 67.5 cm³/mol. The summed E-state index contributed by atoms with van der Waals surface area (Å²) in [5.74, 6) is -2.58. The number of hydrogen-bond donors (Lipinski definition) is 1. The highest BCUT2D eigenvalue weighted by Gasteiger charge is 2.47. The number of amides is 1. The van der Waals surface area contributed by atoms with Gasteiger partial charge in [0.05, 0.1) is 5.92 Å². The van der Waals surface area contributed by atoms with Gasteiger partial charge in [-0.15, -0.1) is 0 Å². The van der Waals surface area contributed by atoms with E-state index in [1.807, 2.05) is 6.92 Å². The van der Waals surface area contributed by atoms with Gasteiger partial charge in [-0.3, -0.25) is 4.79 Å². The number of hydrogen-bond acceptors (Lipinski definition) is 1. The Morgan fingerprint density at radius 1 is 1.39 bits per heavy atom. The molecule has 0 aliphatic heterocycles. The van der Waals surface area contributed by atoms with Gasteiger partial charge in [0.15, 0.2) is 0 Å². The van der Waals surface area contributed by atoms with E-state index < -0.39 is 23.9 Å². The molecule has 1 N–H and O–H groups in total. The lowest BCUT2D eigenvalue weighted by molar-refractivity contribution is -0.198. The van der Waals surface area contributed by atoms with Gasteiger partial charge in [0, 0.05) is 17.8 Å². The average Bonchev–Trinajstić information content (AvgIpc) is 2.34. The van der Waals surface area contributed by atoms with Crippen LogP contribution in [-0.4, -0.2) is 24.0 Å². The zero-order chi connectivity index (χ0) is 13.8. The SMILES string of the molecule is CC(CBr)CNC(=O)C1CCCCC1C(F)(F)F. The summed E-state index contributed by atoms with van der Waals surface area (Å²) in [7, 11) is 0. The molecule has 1 amide bonds. The van der Waals surface area contributed by atoms with E-state index >= 15 is 0 Å². The molecular formula is C12H19BrF3NO. The van der Waals surface area contributed by atoms with Gasteiger partial charge < -0.3 is 5.32 Å². The first-order chi connectivity index (χ1) is 8.36. The van der Waals surface area contributed by atoms with Gasteiger partial charge in [-0.05, 0) is 18.8 Å². The standard InChI is InChI=1S/C12H19BrF3NO/c1-8(6-13)7-17-11(18)9-4-2-3-5-10(9)12(14,15)16/h8-10H,2-7H2,1H3,(H,17,18). The number of nitrogens with one attached hydrogen (secondary N) is 1. The zero-order valence-electron chi connectivity index (χ0n) is 10.4. The van der Waals surface area contributed by atoms with Crippen LogP contribution in [0.15, 0.2) is 0 Å². The maximum absolute atomic E-state index is 12.8. The highest BCUT2D eigenvalue weighted by Crippen LogP contribution is 2.41. The van der Waals surface area contributed by atoms with E-state index in [0.717, 1.165) is 5.33 Å². The molecule has 106 valence electrons. The molecule has 0 heterocycles. The minimum Gasteiger partial charge on any atom is -0.356 e. The molecule has 1 fully saturated rings. The smallest absolute Gasteiger partial charge is 0.356 e. The van der Waals surface area contributed by atoms with Crippen molar-refractivity contribution in [1.29, 1.82) is 0 Å². The van der Waals surface area contributed by atoms with Crippen LogP contribution < -0.4 is 5.32 Å². The number of halogens is 4. The second-order valence-corrected chi connectivity index (χ2v) is 5.69. The molecule has 6 heteroatoms. The maximum Gasteiger partial charge on any atom is 0.392 e. The summed E-state index contributed by atoms with van der Waals surface area (Å²) >= 11 is 3.27. The van der Waals surface area contributed by atoms with Crippen molar-refractivity contribution in [2.24, 2.45) is 17.8 Å². The van der Waals surface area contributed by atoms with Crippen molar-refractivity contribution < 1.29 is 18.0 Å². The molecule has 0 saturated heterocycles. The van der Waals surface area contributed by atoms with Crippen molar-refractivity contribution in [3.63, 3.8) is 0 Å². The highest BCUT2D eigenvalue weighted by atomic mass is 79.9. The van der Waals surface area contributed by atoms with E-state index in [2.05, 4.69) is 21.2 Å². The third-order valence-electron chi connectivity index (χ3n) is 3.41. The molecule has 3 unspecified atom stereocenters. The van der Waals surface area contributed by atoms with E-state index in [9.17, 15) is 18.0 Å². The van der Waals surface area contributed by atoms with Crippen LogP contribution in [0.2, 0.25) is 0 Å². The summed E-state index contributed by atoms with van der Waals surface area (Å²) in [5.41, 5.74) is 0. The fraction of sp³-hybridized carbons (Fsp3) is 0.917. The topological polar surface area (TPSA) is 29.1 Å². The van der Waals surface area contributed by atoms with Crippen LogP contribution in [0.25, 0.3) is 0 Å². The largest absolute Gasteiger partial charge is 0.392 e. The highest BCUT2D eigenvalue weighted by molar-refractivity contribution is 9.09. The first-order valence-corrected chi connectivity index (χ1v) is 7.38. The van der Waals surface area contributed by atoms with Gasteiger partial charge in [0.1, 0.15) is 0 Å². The minimum absolute atomic E-state index is 0.0790. The number of alkyl halides is 4. The molecule has 0 aromatic carbocycles. The first-order valence-electron chi connectivity index (χ1n) is 6.26. The Labute approximate surface area is 114 Å². The second-order valence-electron chi connectivity index (χ2n) is 5.04. The zero-order valence-corrected chi connectivity index (χ0v) is 12.0. The Hall–Kier alpha value is -0.260. The molecule has 1 saturated carbocycles. The van der Waals surface area contributed by atoms with Crippen molar-refractivity contribution in [2.75, 3.05) is 11.9 Å². The van der Waals surface area contributed by atoms with Gasteiger partial charge in [0.2, 0.25) is 5.91 Å². The van der Waals surface area contributed by atoms with Crippen LogP contribution in [0.5, 0.6) is 0 Å². The fourth-order valence-electron chi connectivity index (χ4n) is 2.30. The normalized spacial score (nSPS) is 26.7. The van der Waals surface area contributed by atoms with E-state index in [1.54, 1.807) is 0 Å². The summed E-state index contributed by atoms with van der Waals surface area (Å²) in [6.45, 7) is 2.35. The lowest BCUT2D eigenvalue weighted by Crippen LogP contribution is -2.43. The number of rotatable bonds is 4. The Kier molecular flexibility index (Phi) is 5.95. The molecule has 0 aromatic heterocycles. The number of carbonyl (C=O) groups is 1. The summed E-state index contributed by atoms with van der Waals surface area (Å²) in [5, 5.41) is 3.36. The minimum atomic E-state index is -4.26. The summed E-state index contributed by atoms with van der Waals surface area (Å²) in [6, 6.07) is 0. The molecule has 3 atom stereocenters. The van der Waals surface area contributed by atoms with Crippen molar-refractivity contribution in [1.82, 2.24) is 5.32 Å². The van der Waals surface area contributed by atoms with Crippen LogP contribution in [0, 0.1) is 17.8 Å². The van der Waals surface area contributed by atoms with Gasteiger partial charge >= 0.3 is 6.18 Å². The van der Waals surface area contributed by atoms with Crippen molar-refractivity contribution in [3.8, 4) is 0 Å². The monoisotopic (exact) mass is 329 g/mol. The van der Waals surface area contributed by atoms with E-state index in [0.29, 0.717) is 25.8 Å². The Bertz CT molecular complexity index is 283. The number of carbonyl (C=O) groups excluding carboxylic acids is 1. The Morgan fingerprint density at radius 3 is 2.56 bits per heavy atom. The van der Waals surface area contributed by atoms with E-state index in [4.69, 9.17) is 0 Å². The van der Waals surface area contributed by atoms with Gasteiger partial charge in [0.25, 0.3) is 0 Å². The van der Waals surface area contributed by atoms with Gasteiger partial charge in [-0.1, -0.05) is 35.7 Å². The lowest BCUT2D eigenvalue weighted by Gasteiger charge is -2.32. The van der Waals surface area contributed by atoms with Gasteiger partial charge in [-0.2, -0.15) is 13.2 Å². The van der Waals surface area contributed by atoms with Crippen molar-refractivity contribution in [2.45, 2.75) is 38.8 Å². The Morgan fingerprint density at radius 2 is 2.00 bits per heavy atom. The van der Waals surface area contributed by atoms with E-state index in [-0.39, 0.29) is 12.3 Å².